The number of nitrogens with one attached hydrogen (secondary N) is 1. The summed E-state index contributed by atoms with van der Waals surface area (Å²) in [6.45, 7) is 13.1. The van der Waals surface area contributed by atoms with Gasteiger partial charge in [0.2, 0.25) is 0 Å². The van der Waals surface area contributed by atoms with Crippen LogP contribution < -0.4 is 5.32 Å². The van der Waals surface area contributed by atoms with Crippen LogP contribution in [0.25, 0.3) is 0 Å². The fourth-order valence-corrected chi connectivity index (χ4v) is 3.22. The Labute approximate surface area is 115 Å². The second-order valence-corrected chi connectivity index (χ2v) is 6.19. The molecule has 2 atom stereocenters. The lowest BCUT2D eigenvalue weighted by Gasteiger charge is -2.28. The van der Waals surface area contributed by atoms with E-state index in [0.29, 0.717) is 0 Å². The van der Waals surface area contributed by atoms with Gasteiger partial charge in [0.05, 0.1) is 0 Å². The van der Waals surface area contributed by atoms with Crippen molar-refractivity contribution in [2.75, 3.05) is 19.6 Å². The van der Waals surface area contributed by atoms with Crippen molar-refractivity contribution in [1.29, 1.82) is 0 Å². The highest BCUT2D eigenvalue weighted by atomic mass is 15.2. The Hall–Kier alpha value is -0.0800. The van der Waals surface area contributed by atoms with Crippen molar-refractivity contribution < 1.29 is 0 Å². The van der Waals surface area contributed by atoms with E-state index in [4.69, 9.17) is 0 Å². The molecule has 0 amide bonds. The minimum absolute atomic E-state index is 0.741. The minimum atomic E-state index is 0.741. The highest BCUT2D eigenvalue weighted by Crippen LogP contribution is 2.24. The Morgan fingerprint density at radius 2 is 2.06 bits per heavy atom. The van der Waals surface area contributed by atoms with Gasteiger partial charge in [-0.25, -0.2) is 0 Å². The first kappa shape index (κ1) is 16.0. The number of likely N-dealkylation sites (tertiary alicyclic amines) is 1. The lowest BCUT2D eigenvalue weighted by Crippen LogP contribution is -2.35. The fraction of sp³-hybridized carbons (Fsp3) is 1.00. The van der Waals surface area contributed by atoms with Gasteiger partial charge in [-0.2, -0.15) is 0 Å². The molecule has 1 saturated heterocycles. The van der Waals surface area contributed by atoms with Gasteiger partial charge in [0.15, 0.2) is 0 Å². The summed E-state index contributed by atoms with van der Waals surface area (Å²) in [6, 6.07) is 1.60. The monoisotopic (exact) mass is 254 g/mol. The summed E-state index contributed by atoms with van der Waals surface area (Å²) in [6.07, 6.45) is 8.05. The van der Waals surface area contributed by atoms with Crippen molar-refractivity contribution in [2.45, 2.75) is 78.3 Å². The molecule has 0 aliphatic carbocycles. The molecule has 0 aromatic rings. The van der Waals surface area contributed by atoms with Crippen molar-refractivity contribution >= 4 is 0 Å². The lowest BCUT2D eigenvalue weighted by atomic mass is 10.0. The number of hydrogen-bond donors (Lipinski definition) is 1. The van der Waals surface area contributed by atoms with Crippen molar-refractivity contribution in [1.82, 2.24) is 10.2 Å². The third-order valence-corrected chi connectivity index (χ3v) is 4.36. The molecular formula is C16H34N2. The highest BCUT2D eigenvalue weighted by Gasteiger charge is 2.26. The first-order valence-electron chi connectivity index (χ1n) is 8.16. The Morgan fingerprint density at radius 1 is 1.28 bits per heavy atom. The molecule has 0 saturated carbocycles. The molecule has 2 heteroatoms. The van der Waals surface area contributed by atoms with Gasteiger partial charge in [-0.05, 0) is 64.1 Å². The van der Waals surface area contributed by atoms with Gasteiger partial charge in [0.1, 0.15) is 0 Å². The van der Waals surface area contributed by atoms with Crippen molar-refractivity contribution in [3.05, 3.63) is 0 Å². The van der Waals surface area contributed by atoms with Crippen LogP contribution in [0, 0.1) is 5.92 Å². The van der Waals surface area contributed by atoms with Crippen LogP contribution in [0.15, 0.2) is 0 Å². The van der Waals surface area contributed by atoms with Crippen LogP contribution in [-0.4, -0.2) is 36.6 Å². The zero-order valence-corrected chi connectivity index (χ0v) is 13.0. The molecule has 0 aromatic carbocycles. The van der Waals surface area contributed by atoms with Crippen LogP contribution in [0.1, 0.15) is 66.2 Å². The smallest absolute Gasteiger partial charge is 0.0119 e. The SMILES string of the molecule is CCCNC(CC)CCCN1CCCC1C(C)C. The molecule has 2 nitrogen and oxygen atoms in total. The van der Waals surface area contributed by atoms with Crippen LogP contribution in [0.3, 0.4) is 0 Å². The summed E-state index contributed by atoms with van der Waals surface area (Å²) >= 11 is 0. The van der Waals surface area contributed by atoms with Crippen LogP contribution in [0.5, 0.6) is 0 Å². The summed E-state index contributed by atoms with van der Waals surface area (Å²) in [7, 11) is 0. The summed E-state index contributed by atoms with van der Waals surface area (Å²) in [4.78, 5) is 2.73. The maximum atomic E-state index is 3.66. The normalized spacial score (nSPS) is 22.8. The van der Waals surface area contributed by atoms with E-state index in [9.17, 15) is 0 Å². The van der Waals surface area contributed by atoms with E-state index in [1.807, 2.05) is 0 Å². The summed E-state index contributed by atoms with van der Waals surface area (Å²) in [5.74, 6) is 0.827. The van der Waals surface area contributed by atoms with Gasteiger partial charge < -0.3 is 10.2 Å². The molecule has 1 fully saturated rings. The quantitative estimate of drug-likeness (QED) is 0.675. The zero-order valence-electron chi connectivity index (χ0n) is 13.0. The second kappa shape index (κ2) is 8.92. The molecule has 0 radical (unpaired) electrons. The van der Waals surface area contributed by atoms with Gasteiger partial charge in [-0.1, -0.05) is 27.7 Å². The first-order valence-corrected chi connectivity index (χ1v) is 8.16. The molecule has 1 heterocycles. The standard InChI is InChI=1S/C16H34N2/c1-5-11-17-15(6-2)9-7-12-18-13-8-10-16(18)14(3)4/h14-17H,5-13H2,1-4H3. The molecule has 0 spiro atoms. The number of rotatable bonds is 9. The zero-order chi connectivity index (χ0) is 13.4. The first-order chi connectivity index (χ1) is 8.69. The molecule has 1 aliphatic heterocycles. The summed E-state index contributed by atoms with van der Waals surface area (Å²) < 4.78 is 0. The third kappa shape index (κ3) is 5.27. The van der Waals surface area contributed by atoms with Crippen molar-refractivity contribution in [3.63, 3.8) is 0 Å². The summed E-state index contributed by atoms with van der Waals surface area (Å²) in [5.41, 5.74) is 0. The van der Waals surface area contributed by atoms with Gasteiger partial charge in [0, 0.05) is 12.1 Å². The Morgan fingerprint density at radius 3 is 2.67 bits per heavy atom. The van der Waals surface area contributed by atoms with Crippen LogP contribution in [0.4, 0.5) is 0 Å². The average Bonchev–Trinajstić information content (AvgIpc) is 2.82. The average molecular weight is 254 g/mol. The topological polar surface area (TPSA) is 15.3 Å². The summed E-state index contributed by atoms with van der Waals surface area (Å²) in [5, 5.41) is 3.66. The Bertz CT molecular complexity index is 203. The maximum absolute atomic E-state index is 3.66. The van der Waals surface area contributed by atoms with Crippen molar-refractivity contribution in [3.8, 4) is 0 Å². The maximum Gasteiger partial charge on any atom is 0.0119 e. The molecule has 2 unspecified atom stereocenters. The Kier molecular flexibility index (Phi) is 7.92. The van der Waals surface area contributed by atoms with E-state index in [1.165, 1.54) is 58.2 Å². The van der Waals surface area contributed by atoms with E-state index in [2.05, 4.69) is 37.9 Å². The van der Waals surface area contributed by atoms with Crippen LogP contribution in [0.2, 0.25) is 0 Å². The van der Waals surface area contributed by atoms with E-state index >= 15 is 0 Å². The molecule has 108 valence electrons. The predicted molar refractivity (Wildman–Crippen MR) is 81.0 cm³/mol. The Balaban J connectivity index is 2.19. The third-order valence-electron chi connectivity index (χ3n) is 4.36. The molecule has 1 aliphatic rings. The molecule has 18 heavy (non-hydrogen) atoms. The van der Waals surface area contributed by atoms with E-state index in [-0.39, 0.29) is 0 Å². The fourth-order valence-electron chi connectivity index (χ4n) is 3.22. The largest absolute Gasteiger partial charge is 0.314 e. The second-order valence-electron chi connectivity index (χ2n) is 6.19. The lowest BCUT2D eigenvalue weighted by molar-refractivity contribution is 0.200. The molecule has 0 bridgehead atoms. The molecule has 1 rings (SSSR count). The van der Waals surface area contributed by atoms with Gasteiger partial charge in [-0.15, -0.1) is 0 Å². The molecule has 1 N–H and O–H groups in total. The van der Waals surface area contributed by atoms with E-state index in [1.54, 1.807) is 0 Å². The minimum Gasteiger partial charge on any atom is -0.314 e. The highest BCUT2D eigenvalue weighted by molar-refractivity contribution is 4.81. The van der Waals surface area contributed by atoms with E-state index in [0.717, 1.165) is 18.0 Å². The van der Waals surface area contributed by atoms with E-state index < -0.39 is 0 Å². The van der Waals surface area contributed by atoms with Crippen LogP contribution in [-0.2, 0) is 0 Å². The van der Waals surface area contributed by atoms with Crippen molar-refractivity contribution in [2.24, 2.45) is 5.92 Å². The number of nitrogens with zero attached hydrogens (tertiary/aromatic N) is 1. The van der Waals surface area contributed by atoms with Gasteiger partial charge in [-0.3, -0.25) is 0 Å². The predicted octanol–water partition coefficient (Wildman–Crippen LogP) is 3.67. The van der Waals surface area contributed by atoms with Crippen LogP contribution >= 0.6 is 0 Å². The number of hydrogen-bond acceptors (Lipinski definition) is 2. The van der Waals surface area contributed by atoms with Gasteiger partial charge >= 0.3 is 0 Å². The molecular weight excluding hydrogens is 220 g/mol. The molecule has 0 aromatic heterocycles. The van der Waals surface area contributed by atoms with Gasteiger partial charge in [0.25, 0.3) is 0 Å².